The number of piperidine rings is 1. The molecule has 0 bridgehead atoms. The second-order valence-corrected chi connectivity index (χ2v) is 9.52. The zero-order valence-corrected chi connectivity index (χ0v) is 15.6. The first-order valence-corrected chi connectivity index (χ1v) is 10.7. The van der Waals surface area contributed by atoms with E-state index in [9.17, 15) is 13.2 Å². The number of aromatic nitrogens is 2. The fourth-order valence-corrected chi connectivity index (χ4v) is 5.24. The Balaban J connectivity index is 1.43. The molecule has 2 fully saturated rings. The lowest BCUT2D eigenvalue weighted by atomic mass is 9.94. The molecule has 3 rings (SSSR count). The van der Waals surface area contributed by atoms with E-state index in [0.29, 0.717) is 17.5 Å². The first-order valence-electron chi connectivity index (χ1n) is 8.89. The van der Waals surface area contributed by atoms with Crippen molar-refractivity contribution in [1.82, 2.24) is 20.4 Å². The van der Waals surface area contributed by atoms with Gasteiger partial charge in [-0.25, -0.2) is 8.42 Å². The predicted octanol–water partition coefficient (Wildman–Crippen LogP) is 0.708. The van der Waals surface area contributed by atoms with Gasteiger partial charge in [-0.1, -0.05) is 19.0 Å². The number of hydrogen-bond acceptors (Lipinski definition) is 7. The molecule has 9 heteroatoms. The summed E-state index contributed by atoms with van der Waals surface area (Å²) >= 11 is 0. The number of amides is 1. The van der Waals surface area contributed by atoms with Gasteiger partial charge in [-0.3, -0.25) is 9.69 Å². The van der Waals surface area contributed by atoms with Gasteiger partial charge in [0.2, 0.25) is 11.8 Å². The molecule has 1 N–H and O–H groups in total. The lowest BCUT2D eigenvalue weighted by Gasteiger charge is -2.34. The third-order valence-corrected chi connectivity index (χ3v) is 6.77. The highest BCUT2D eigenvalue weighted by molar-refractivity contribution is 7.91. The van der Waals surface area contributed by atoms with Gasteiger partial charge >= 0.3 is 0 Å². The molecule has 2 aliphatic heterocycles. The zero-order valence-electron chi connectivity index (χ0n) is 14.8. The Bertz CT molecular complexity index is 707. The summed E-state index contributed by atoms with van der Waals surface area (Å²) < 4.78 is 28.3. The number of nitrogens with one attached hydrogen (secondary N) is 1. The van der Waals surface area contributed by atoms with Crippen molar-refractivity contribution in [3.05, 3.63) is 11.7 Å². The lowest BCUT2D eigenvalue weighted by Crippen LogP contribution is -2.45. The number of likely N-dealkylation sites (tertiary alicyclic amines) is 1. The van der Waals surface area contributed by atoms with E-state index < -0.39 is 9.84 Å². The zero-order chi connectivity index (χ0) is 18.0. The topological polar surface area (TPSA) is 105 Å². The number of nitrogens with zero attached hydrogens (tertiary/aromatic N) is 3. The summed E-state index contributed by atoms with van der Waals surface area (Å²) in [7, 11) is -2.86. The highest BCUT2D eigenvalue weighted by Crippen LogP contribution is 2.24. The number of carbonyl (C=O) groups excluding carboxylic acids is 1. The first kappa shape index (κ1) is 18.3. The van der Waals surface area contributed by atoms with Gasteiger partial charge in [0.15, 0.2) is 15.7 Å². The van der Waals surface area contributed by atoms with Crippen LogP contribution >= 0.6 is 0 Å². The summed E-state index contributed by atoms with van der Waals surface area (Å²) in [5.41, 5.74) is 0. The smallest absolute Gasteiger partial charge is 0.229 e. The molecule has 1 aromatic heterocycles. The van der Waals surface area contributed by atoms with Gasteiger partial charge in [-0.05, 0) is 32.4 Å². The quantitative estimate of drug-likeness (QED) is 0.813. The van der Waals surface area contributed by atoms with E-state index >= 15 is 0 Å². The Kier molecular flexibility index (Phi) is 5.43. The summed E-state index contributed by atoms with van der Waals surface area (Å²) in [5.74, 6) is 1.76. The SMILES string of the molecule is CC(C)c1nc(CNC(=O)C2CCN(C3CCS(=O)(=O)C3)CC2)no1. The van der Waals surface area contributed by atoms with Crippen molar-refractivity contribution in [1.29, 1.82) is 0 Å². The minimum absolute atomic E-state index is 0.00888. The molecule has 2 aliphatic rings. The molecule has 25 heavy (non-hydrogen) atoms. The van der Waals surface area contributed by atoms with Gasteiger partial charge in [0.25, 0.3) is 0 Å². The number of rotatable bonds is 5. The largest absolute Gasteiger partial charge is 0.348 e. The maximum Gasteiger partial charge on any atom is 0.229 e. The Morgan fingerprint density at radius 3 is 2.60 bits per heavy atom. The molecular formula is C16H26N4O4S. The van der Waals surface area contributed by atoms with Gasteiger partial charge in [0, 0.05) is 17.9 Å². The molecule has 2 saturated heterocycles. The van der Waals surface area contributed by atoms with Gasteiger partial charge in [0.1, 0.15) is 0 Å². The summed E-state index contributed by atoms with van der Waals surface area (Å²) in [6, 6.07) is 0.128. The molecule has 1 amide bonds. The van der Waals surface area contributed by atoms with Crippen molar-refractivity contribution in [3.8, 4) is 0 Å². The molecule has 1 atom stereocenters. The van der Waals surface area contributed by atoms with Crippen LogP contribution in [-0.2, 0) is 21.2 Å². The average molecular weight is 370 g/mol. The summed E-state index contributed by atoms with van der Waals surface area (Å²) in [5, 5.41) is 6.75. The monoisotopic (exact) mass is 370 g/mol. The van der Waals surface area contributed by atoms with E-state index in [2.05, 4.69) is 20.4 Å². The minimum atomic E-state index is -2.86. The van der Waals surface area contributed by atoms with Crippen LogP contribution < -0.4 is 5.32 Å². The molecular weight excluding hydrogens is 344 g/mol. The molecule has 3 heterocycles. The molecule has 0 aliphatic carbocycles. The van der Waals surface area contributed by atoms with E-state index in [1.165, 1.54) is 0 Å². The summed E-state index contributed by atoms with van der Waals surface area (Å²) in [6.07, 6.45) is 2.23. The molecule has 1 aromatic rings. The van der Waals surface area contributed by atoms with Gasteiger partial charge in [-0.15, -0.1) is 0 Å². The van der Waals surface area contributed by atoms with Crippen molar-refractivity contribution in [3.63, 3.8) is 0 Å². The highest BCUT2D eigenvalue weighted by Gasteiger charge is 2.35. The van der Waals surface area contributed by atoms with Crippen LogP contribution in [-0.4, -0.2) is 60.0 Å². The Labute approximate surface area is 148 Å². The van der Waals surface area contributed by atoms with Crippen LogP contribution in [0.3, 0.4) is 0 Å². The Morgan fingerprint density at radius 1 is 1.32 bits per heavy atom. The number of carbonyl (C=O) groups is 1. The van der Waals surface area contributed by atoms with Crippen molar-refractivity contribution in [2.75, 3.05) is 24.6 Å². The molecule has 0 aromatic carbocycles. The molecule has 8 nitrogen and oxygen atoms in total. The van der Waals surface area contributed by atoms with Crippen LogP contribution in [0.5, 0.6) is 0 Å². The van der Waals surface area contributed by atoms with E-state index in [1.807, 2.05) is 13.8 Å². The van der Waals surface area contributed by atoms with Gasteiger partial charge < -0.3 is 9.84 Å². The van der Waals surface area contributed by atoms with E-state index in [-0.39, 0.29) is 36.1 Å². The third-order valence-electron chi connectivity index (χ3n) is 5.02. The van der Waals surface area contributed by atoms with Gasteiger partial charge in [0.05, 0.1) is 18.1 Å². The molecule has 0 spiro atoms. The molecule has 0 radical (unpaired) electrons. The fraction of sp³-hybridized carbons (Fsp3) is 0.812. The van der Waals surface area contributed by atoms with Crippen molar-refractivity contribution >= 4 is 15.7 Å². The van der Waals surface area contributed by atoms with E-state index in [1.54, 1.807) is 0 Å². The van der Waals surface area contributed by atoms with Crippen molar-refractivity contribution < 1.29 is 17.7 Å². The van der Waals surface area contributed by atoms with Crippen molar-refractivity contribution in [2.45, 2.75) is 51.6 Å². The third kappa shape index (κ3) is 4.58. The molecule has 1 unspecified atom stereocenters. The lowest BCUT2D eigenvalue weighted by molar-refractivity contribution is -0.126. The Hall–Kier alpha value is -1.48. The molecule has 0 saturated carbocycles. The fourth-order valence-electron chi connectivity index (χ4n) is 3.47. The van der Waals surface area contributed by atoms with E-state index in [4.69, 9.17) is 4.52 Å². The highest BCUT2D eigenvalue weighted by atomic mass is 32.2. The second kappa shape index (κ2) is 7.41. The Morgan fingerprint density at radius 2 is 2.04 bits per heavy atom. The van der Waals surface area contributed by atoms with Crippen LogP contribution in [0.15, 0.2) is 4.52 Å². The first-order chi connectivity index (χ1) is 11.8. The number of hydrogen-bond donors (Lipinski definition) is 1. The van der Waals surface area contributed by atoms with E-state index in [0.717, 1.165) is 32.4 Å². The van der Waals surface area contributed by atoms with Crippen LogP contribution in [0, 0.1) is 5.92 Å². The summed E-state index contributed by atoms with van der Waals surface area (Å²) in [4.78, 5) is 18.8. The summed E-state index contributed by atoms with van der Waals surface area (Å²) in [6.45, 7) is 5.77. The number of sulfone groups is 1. The normalized spacial score (nSPS) is 24.7. The van der Waals surface area contributed by atoms with Crippen LogP contribution in [0.2, 0.25) is 0 Å². The van der Waals surface area contributed by atoms with Crippen molar-refractivity contribution in [2.24, 2.45) is 5.92 Å². The molecule has 140 valence electrons. The predicted molar refractivity (Wildman–Crippen MR) is 91.6 cm³/mol. The van der Waals surface area contributed by atoms with Gasteiger partial charge in [-0.2, -0.15) is 4.98 Å². The van der Waals surface area contributed by atoms with Crippen LogP contribution in [0.25, 0.3) is 0 Å². The standard InChI is InChI=1S/C16H26N4O4S/c1-11(2)16-18-14(19-24-16)9-17-15(21)12-3-6-20(7-4-12)13-5-8-25(22,23)10-13/h11-13H,3-10H2,1-2H3,(H,17,21). The second-order valence-electron chi connectivity index (χ2n) is 7.29. The van der Waals surface area contributed by atoms with Crippen LogP contribution in [0.1, 0.15) is 50.7 Å². The minimum Gasteiger partial charge on any atom is -0.348 e. The maximum atomic E-state index is 12.3. The average Bonchev–Trinajstić information content (AvgIpc) is 3.19. The van der Waals surface area contributed by atoms with Crippen LogP contribution in [0.4, 0.5) is 0 Å². The maximum absolute atomic E-state index is 12.3.